The summed E-state index contributed by atoms with van der Waals surface area (Å²) >= 11 is 0. The zero-order valence-electron chi connectivity index (χ0n) is 8.20. The van der Waals surface area contributed by atoms with Gasteiger partial charge in [-0.25, -0.2) is 13.6 Å². The number of hydrogen-bond donors (Lipinski definition) is 1. The quantitative estimate of drug-likeness (QED) is 0.697. The second kappa shape index (κ2) is 3.68. The first-order valence-electron chi connectivity index (χ1n) is 4.36. The highest BCUT2D eigenvalue weighted by Gasteiger charge is 2.46. The van der Waals surface area contributed by atoms with Crippen molar-refractivity contribution >= 4 is 6.09 Å². The molecule has 0 radical (unpaired) electrons. The van der Waals surface area contributed by atoms with Gasteiger partial charge in [0.25, 0.3) is 5.92 Å². The summed E-state index contributed by atoms with van der Waals surface area (Å²) in [5.41, 5.74) is 0. The molecule has 4 nitrogen and oxygen atoms in total. The molecule has 0 aromatic rings. The van der Waals surface area contributed by atoms with Gasteiger partial charge < -0.3 is 14.9 Å². The average Bonchev–Trinajstić information content (AvgIpc) is 2.01. The predicted molar refractivity (Wildman–Crippen MR) is 46.6 cm³/mol. The van der Waals surface area contributed by atoms with Crippen LogP contribution in [0, 0.1) is 0 Å². The van der Waals surface area contributed by atoms with Crippen molar-refractivity contribution in [1.29, 1.82) is 0 Å². The van der Waals surface area contributed by atoms with Crippen LogP contribution in [0.4, 0.5) is 13.6 Å². The van der Waals surface area contributed by atoms with Gasteiger partial charge in [0, 0.05) is 6.54 Å². The minimum absolute atomic E-state index is 0.173. The second-order valence-corrected chi connectivity index (χ2v) is 3.73. The Morgan fingerprint density at radius 3 is 2.50 bits per heavy atom. The summed E-state index contributed by atoms with van der Waals surface area (Å²) in [6, 6.07) is -0.863. The number of nitrogens with zero attached hydrogens (tertiary/aromatic N) is 2. The van der Waals surface area contributed by atoms with E-state index in [0.29, 0.717) is 0 Å². The molecule has 0 aromatic carbocycles. The number of carbonyl (C=O) groups is 1. The maximum atomic E-state index is 13.4. The highest BCUT2D eigenvalue weighted by atomic mass is 19.3. The molecule has 6 heteroatoms. The summed E-state index contributed by atoms with van der Waals surface area (Å²) in [6.07, 6.45) is -1.10. The van der Waals surface area contributed by atoms with Gasteiger partial charge in [0.15, 0.2) is 0 Å². The van der Waals surface area contributed by atoms with E-state index in [1.807, 2.05) is 0 Å². The summed E-state index contributed by atoms with van der Waals surface area (Å²) < 4.78 is 26.8. The molecule has 1 aliphatic rings. The van der Waals surface area contributed by atoms with Gasteiger partial charge in [-0.05, 0) is 20.5 Å². The molecular formula is C8H14F2N2O2. The lowest BCUT2D eigenvalue weighted by molar-refractivity contribution is -0.111. The summed E-state index contributed by atoms with van der Waals surface area (Å²) in [7, 11) is 3.16. The van der Waals surface area contributed by atoms with E-state index in [1.165, 1.54) is 4.90 Å². The van der Waals surface area contributed by atoms with E-state index in [9.17, 15) is 13.6 Å². The summed E-state index contributed by atoms with van der Waals surface area (Å²) in [5, 5.41) is 8.57. The van der Waals surface area contributed by atoms with Gasteiger partial charge in [0.2, 0.25) is 0 Å². The Balaban J connectivity index is 2.70. The van der Waals surface area contributed by atoms with Crippen LogP contribution in [0.3, 0.4) is 0 Å². The van der Waals surface area contributed by atoms with Crippen LogP contribution < -0.4 is 0 Å². The molecule has 82 valence electrons. The van der Waals surface area contributed by atoms with Crippen LogP contribution in [-0.4, -0.2) is 60.1 Å². The van der Waals surface area contributed by atoms with Crippen molar-refractivity contribution in [2.45, 2.75) is 18.4 Å². The standard InChI is InChI=1S/C8H14F2N2O2/c1-11(2)6-3-4-12(7(13)14)5-8(6,9)10/h6H,3-5H2,1-2H3,(H,13,14)/t6-/m0/s1. The molecule has 0 aromatic heterocycles. The summed E-state index contributed by atoms with van der Waals surface area (Å²) in [6.45, 7) is -0.529. The minimum atomic E-state index is -2.96. The fourth-order valence-corrected chi connectivity index (χ4v) is 1.73. The number of carboxylic acid groups (broad SMARTS) is 1. The summed E-state index contributed by atoms with van der Waals surface area (Å²) in [4.78, 5) is 12.7. The third-order valence-corrected chi connectivity index (χ3v) is 2.46. The lowest BCUT2D eigenvalue weighted by Gasteiger charge is -2.39. The van der Waals surface area contributed by atoms with E-state index in [2.05, 4.69) is 0 Å². The Morgan fingerprint density at radius 2 is 2.14 bits per heavy atom. The normalized spacial score (nSPS) is 26.6. The van der Waals surface area contributed by atoms with Crippen molar-refractivity contribution in [3.8, 4) is 0 Å². The molecule has 1 atom stereocenters. The Bertz CT molecular complexity index is 233. The van der Waals surface area contributed by atoms with Crippen molar-refractivity contribution in [1.82, 2.24) is 9.80 Å². The summed E-state index contributed by atoms with van der Waals surface area (Å²) in [5.74, 6) is -2.96. The molecule has 1 N–H and O–H groups in total. The first kappa shape index (κ1) is 11.2. The van der Waals surface area contributed by atoms with Crippen LogP contribution in [0.2, 0.25) is 0 Å². The predicted octanol–water partition coefficient (Wildman–Crippen LogP) is 0.936. The molecule has 1 fully saturated rings. The first-order valence-corrected chi connectivity index (χ1v) is 4.36. The van der Waals surface area contributed by atoms with Gasteiger partial charge >= 0.3 is 6.09 Å². The van der Waals surface area contributed by atoms with E-state index in [4.69, 9.17) is 5.11 Å². The molecule has 0 unspecified atom stereocenters. The SMILES string of the molecule is CN(C)[C@H]1CCN(C(=O)O)CC1(F)F. The largest absolute Gasteiger partial charge is 0.465 e. The van der Waals surface area contributed by atoms with Crippen LogP contribution >= 0.6 is 0 Å². The molecule has 1 aliphatic heterocycles. The van der Waals surface area contributed by atoms with E-state index in [0.717, 1.165) is 4.90 Å². The van der Waals surface area contributed by atoms with E-state index >= 15 is 0 Å². The number of halogens is 2. The third kappa shape index (κ3) is 2.12. The highest BCUT2D eigenvalue weighted by molar-refractivity contribution is 5.65. The van der Waals surface area contributed by atoms with E-state index in [-0.39, 0.29) is 13.0 Å². The van der Waals surface area contributed by atoms with Crippen LogP contribution in [0.15, 0.2) is 0 Å². The van der Waals surface area contributed by atoms with Gasteiger partial charge in [-0.3, -0.25) is 0 Å². The van der Waals surface area contributed by atoms with Crippen molar-refractivity contribution < 1.29 is 18.7 Å². The molecule has 0 spiro atoms. The fraction of sp³-hybridized carbons (Fsp3) is 0.875. The van der Waals surface area contributed by atoms with Crippen LogP contribution in [0.1, 0.15) is 6.42 Å². The highest BCUT2D eigenvalue weighted by Crippen LogP contribution is 2.29. The lowest BCUT2D eigenvalue weighted by atomic mass is 10.0. The van der Waals surface area contributed by atoms with Crippen LogP contribution in [-0.2, 0) is 0 Å². The van der Waals surface area contributed by atoms with Crippen LogP contribution in [0.5, 0.6) is 0 Å². The number of rotatable bonds is 1. The number of amides is 1. The average molecular weight is 208 g/mol. The number of piperidine rings is 1. The topological polar surface area (TPSA) is 43.8 Å². The zero-order chi connectivity index (χ0) is 10.9. The number of hydrogen-bond acceptors (Lipinski definition) is 2. The van der Waals surface area contributed by atoms with Crippen molar-refractivity contribution in [3.63, 3.8) is 0 Å². The second-order valence-electron chi connectivity index (χ2n) is 3.73. The molecular weight excluding hydrogens is 194 g/mol. The van der Waals surface area contributed by atoms with Crippen molar-refractivity contribution in [2.75, 3.05) is 27.2 Å². The molecule has 14 heavy (non-hydrogen) atoms. The lowest BCUT2D eigenvalue weighted by Crippen LogP contribution is -2.57. The van der Waals surface area contributed by atoms with E-state index in [1.54, 1.807) is 14.1 Å². The van der Waals surface area contributed by atoms with Gasteiger partial charge in [0.1, 0.15) is 0 Å². The smallest absolute Gasteiger partial charge is 0.407 e. The number of likely N-dealkylation sites (tertiary alicyclic amines) is 1. The molecule has 0 aliphatic carbocycles. The molecule has 0 bridgehead atoms. The van der Waals surface area contributed by atoms with Gasteiger partial charge in [-0.15, -0.1) is 0 Å². The third-order valence-electron chi connectivity index (χ3n) is 2.46. The Morgan fingerprint density at radius 1 is 1.57 bits per heavy atom. The fourth-order valence-electron chi connectivity index (χ4n) is 1.73. The maximum Gasteiger partial charge on any atom is 0.407 e. The molecule has 1 heterocycles. The minimum Gasteiger partial charge on any atom is -0.465 e. The van der Waals surface area contributed by atoms with Crippen LogP contribution in [0.25, 0.3) is 0 Å². The molecule has 1 rings (SSSR count). The molecule has 1 saturated heterocycles. The number of alkyl halides is 2. The van der Waals surface area contributed by atoms with Crippen molar-refractivity contribution in [2.24, 2.45) is 0 Å². The Labute approximate surface area is 81.1 Å². The first-order chi connectivity index (χ1) is 6.34. The Kier molecular flexibility index (Phi) is 2.94. The molecule has 0 saturated carbocycles. The van der Waals surface area contributed by atoms with Gasteiger partial charge in [-0.1, -0.05) is 0 Å². The van der Waals surface area contributed by atoms with Gasteiger partial charge in [0.05, 0.1) is 12.6 Å². The van der Waals surface area contributed by atoms with Crippen molar-refractivity contribution in [3.05, 3.63) is 0 Å². The van der Waals surface area contributed by atoms with Gasteiger partial charge in [-0.2, -0.15) is 0 Å². The zero-order valence-corrected chi connectivity index (χ0v) is 8.20. The molecule has 1 amide bonds. The maximum absolute atomic E-state index is 13.4. The Hall–Kier alpha value is -0.910. The van der Waals surface area contributed by atoms with E-state index < -0.39 is 24.6 Å². The monoisotopic (exact) mass is 208 g/mol.